The topological polar surface area (TPSA) is 54.1 Å². The first-order chi connectivity index (χ1) is 12.7. The van der Waals surface area contributed by atoms with Gasteiger partial charge in [-0.25, -0.2) is 0 Å². The molecule has 1 aromatic carbocycles. The summed E-state index contributed by atoms with van der Waals surface area (Å²) in [4.78, 5) is 17.3. The average Bonchev–Trinajstić information content (AvgIpc) is 3.11. The number of nitrogens with one attached hydrogen (secondary N) is 2. The largest absolute Gasteiger partial charge is 0.492 e. The molecule has 4 nitrogen and oxygen atoms in total. The molecule has 3 rings (SSSR count). The van der Waals surface area contributed by atoms with Crippen molar-refractivity contribution in [1.82, 2.24) is 10.3 Å². The van der Waals surface area contributed by atoms with Gasteiger partial charge in [0.2, 0.25) is 0 Å². The molecule has 0 aliphatic rings. The number of hydrogen-bond acceptors (Lipinski definition) is 4. The van der Waals surface area contributed by atoms with Gasteiger partial charge in [-0.3, -0.25) is 4.79 Å². The van der Waals surface area contributed by atoms with E-state index in [0.29, 0.717) is 6.61 Å². The van der Waals surface area contributed by atoms with Crippen molar-refractivity contribution in [2.24, 2.45) is 0 Å². The molecule has 0 atom stereocenters. The summed E-state index contributed by atoms with van der Waals surface area (Å²) in [5.74, 6) is 0.896. The summed E-state index contributed by atoms with van der Waals surface area (Å²) in [6.07, 6.45) is 0.740. The van der Waals surface area contributed by atoms with Gasteiger partial charge in [-0.2, -0.15) is 0 Å². The van der Waals surface area contributed by atoms with Gasteiger partial charge in [0.1, 0.15) is 12.4 Å². The molecule has 0 aliphatic carbocycles. The number of ether oxygens (including phenoxy) is 1. The van der Waals surface area contributed by atoms with Crippen LogP contribution in [-0.4, -0.2) is 18.1 Å². The number of pyridine rings is 1. The van der Waals surface area contributed by atoms with E-state index in [1.165, 1.54) is 9.75 Å². The van der Waals surface area contributed by atoms with Crippen LogP contribution >= 0.6 is 11.3 Å². The number of rotatable bonds is 8. The molecular formula is C21H24N2O2S. The third-order valence-electron chi connectivity index (χ3n) is 4.21. The third kappa shape index (κ3) is 4.62. The highest BCUT2D eigenvalue weighted by Gasteiger charge is 2.09. The molecule has 0 aliphatic heterocycles. The highest BCUT2D eigenvalue weighted by Crippen LogP contribution is 2.29. The lowest BCUT2D eigenvalue weighted by atomic mass is 10.1. The van der Waals surface area contributed by atoms with E-state index in [0.717, 1.165) is 42.1 Å². The highest BCUT2D eigenvalue weighted by atomic mass is 32.1. The van der Waals surface area contributed by atoms with Gasteiger partial charge in [0.15, 0.2) is 0 Å². The molecule has 0 saturated carbocycles. The zero-order chi connectivity index (χ0) is 18.4. The van der Waals surface area contributed by atoms with Crippen LogP contribution in [0.1, 0.15) is 23.1 Å². The number of aromatic amines is 1. The van der Waals surface area contributed by atoms with Crippen molar-refractivity contribution < 1.29 is 4.74 Å². The fourth-order valence-electron chi connectivity index (χ4n) is 2.77. The minimum Gasteiger partial charge on any atom is -0.492 e. The summed E-state index contributed by atoms with van der Waals surface area (Å²) < 4.78 is 5.68. The molecule has 5 heteroatoms. The Labute approximate surface area is 157 Å². The van der Waals surface area contributed by atoms with Crippen molar-refractivity contribution >= 4 is 11.3 Å². The molecule has 0 fully saturated rings. The highest BCUT2D eigenvalue weighted by molar-refractivity contribution is 7.15. The Balaban J connectivity index is 1.54. The van der Waals surface area contributed by atoms with Crippen LogP contribution in [0.3, 0.4) is 0 Å². The van der Waals surface area contributed by atoms with Gasteiger partial charge in [-0.1, -0.05) is 25.1 Å². The lowest BCUT2D eigenvalue weighted by Gasteiger charge is -2.07. The average molecular weight is 369 g/mol. The maximum Gasteiger partial charge on any atom is 0.251 e. The van der Waals surface area contributed by atoms with E-state index >= 15 is 0 Å². The Morgan fingerprint density at radius 3 is 2.73 bits per heavy atom. The Kier molecular flexibility index (Phi) is 6.26. The first-order valence-corrected chi connectivity index (χ1v) is 9.69. The summed E-state index contributed by atoms with van der Waals surface area (Å²) in [5, 5.41) is 3.41. The van der Waals surface area contributed by atoms with E-state index in [2.05, 4.69) is 22.4 Å². The smallest absolute Gasteiger partial charge is 0.251 e. The Hall–Kier alpha value is -2.37. The molecule has 0 amide bonds. The maximum atomic E-state index is 11.9. The number of thiophene rings is 1. The van der Waals surface area contributed by atoms with Crippen molar-refractivity contribution in [3.05, 3.63) is 75.0 Å². The van der Waals surface area contributed by atoms with Crippen molar-refractivity contribution in [2.45, 2.75) is 26.8 Å². The second-order valence-corrected chi connectivity index (χ2v) is 7.29. The fraction of sp³-hybridized carbons (Fsp3) is 0.286. The second-order valence-electron chi connectivity index (χ2n) is 6.12. The number of H-pyrrole nitrogens is 1. The van der Waals surface area contributed by atoms with Crippen LogP contribution in [0.25, 0.3) is 10.4 Å². The van der Waals surface area contributed by atoms with E-state index in [9.17, 15) is 4.79 Å². The van der Waals surface area contributed by atoms with Gasteiger partial charge < -0.3 is 15.0 Å². The van der Waals surface area contributed by atoms with Crippen LogP contribution < -0.4 is 15.6 Å². The summed E-state index contributed by atoms with van der Waals surface area (Å²) >= 11 is 1.75. The molecule has 26 heavy (non-hydrogen) atoms. The van der Waals surface area contributed by atoms with Crippen molar-refractivity contribution in [3.63, 3.8) is 0 Å². The van der Waals surface area contributed by atoms with E-state index in [1.807, 2.05) is 50.2 Å². The minimum absolute atomic E-state index is 0.0191. The van der Waals surface area contributed by atoms with Crippen LogP contribution in [0.2, 0.25) is 0 Å². The quantitative estimate of drug-likeness (QED) is 0.588. The summed E-state index contributed by atoms with van der Waals surface area (Å²) in [7, 11) is 0. The van der Waals surface area contributed by atoms with Crippen LogP contribution in [0, 0.1) is 6.92 Å². The van der Waals surface area contributed by atoms with Gasteiger partial charge in [0, 0.05) is 39.7 Å². The minimum atomic E-state index is 0.0191. The molecule has 0 saturated heterocycles. The molecule has 2 N–H and O–H groups in total. The van der Waals surface area contributed by atoms with Crippen LogP contribution in [0.5, 0.6) is 5.75 Å². The predicted octanol–water partition coefficient (Wildman–Crippen LogP) is 4.14. The number of hydrogen-bond donors (Lipinski definition) is 2. The summed E-state index contributed by atoms with van der Waals surface area (Å²) in [6, 6.07) is 16.1. The van der Waals surface area contributed by atoms with Gasteiger partial charge in [0.25, 0.3) is 5.56 Å². The number of aromatic nitrogens is 1. The van der Waals surface area contributed by atoms with E-state index in [4.69, 9.17) is 4.74 Å². The Morgan fingerprint density at radius 2 is 1.96 bits per heavy atom. The SMILES string of the molecule is CCc1cc(-c2ccc(CNCCOc3ccccc3)s2)c(C)[nH]c1=O. The molecule has 2 heterocycles. The maximum absolute atomic E-state index is 11.9. The molecule has 3 aromatic rings. The third-order valence-corrected chi connectivity index (χ3v) is 5.33. The van der Waals surface area contributed by atoms with Gasteiger partial charge in [-0.15, -0.1) is 11.3 Å². The first kappa shape index (κ1) is 18.4. The van der Waals surface area contributed by atoms with Crippen molar-refractivity contribution in [3.8, 4) is 16.2 Å². The number of benzene rings is 1. The first-order valence-electron chi connectivity index (χ1n) is 8.88. The molecular weight excluding hydrogens is 344 g/mol. The predicted molar refractivity (Wildman–Crippen MR) is 108 cm³/mol. The van der Waals surface area contributed by atoms with Crippen molar-refractivity contribution in [2.75, 3.05) is 13.2 Å². The zero-order valence-electron chi connectivity index (χ0n) is 15.2. The Bertz CT molecular complexity index is 900. The number of aryl methyl sites for hydroxylation is 2. The standard InChI is InChI=1S/C21H24N2O2S/c1-3-16-13-19(15(2)23-21(16)24)20-10-9-18(26-20)14-22-11-12-25-17-7-5-4-6-8-17/h4-10,13,22H,3,11-12,14H2,1-2H3,(H,23,24). The second kappa shape index (κ2) is 8.83. The molecule has 136 valence electrons. The van der Waals surface area contributed by atoms with Crippen LogP contribution in [0.4, 0.5) is 0 Å². The fourth-order valence-corrected chi connectivity index (χ4v) is 3.82. The molecule has 0 bridgehead atoms. The molecule has 0 spiro atoms. The van der Waals surface area contributed by atoms with Crippen LogP contribution in [-0.2, 0) is 13.0 Å². The summed E-state index contributed by atoms with van der Waals surface area (Å²) in [6.45, 7) is 6.20. The number of para-hydroxylation sites is 1. The molecule has 0 unspecified atom stereocenters. The summed E-state index contributed by atoms with van der Waals surface area (Å²) in [5.41, 5.74) is 2.89. The van der Waals surface area contributed by atoms with E-state index < -0.39 is 0 Å². The lowest BCUT2D eigenvalue weighted by molar-refractivity contribution is 0.314. The normalized spacial score (nSPS) is 10.8. The Morgan fingerprint density at radius 1 is 1.15 bits per heavy atom. The monoisotopic (exact) mass is 368 g/mol. The lowest BCUT2D eigenvalue weighted by Crippen LogP contribution is -2.20. The van der Waals surface area contributed by atoms with Crippen molar-refractivity contribution in [1.29, 1.82) is 0 Å². The van der Waals surface area contributed by atoms with Crippen LogP contribution in [0.15, 0.2) is 53.3 Å². The van der Waals surface area contributed by atoms with E-state index in [1.54, 1.807) is 11.3 Å². The van der Waals surface area contributed by atoms with Gasteiger partial charge in [-0.05, 0) is 43.7 Å². The van der Waals surface area contributed by atoms with Gasteiger partial charge in [0.05, 0.1) is 0 Å². The zero-order valence-corrected chi connectivity index (χ0v) is 16.0. The molecule has 0 radical (unpaired) electrons. The molecule has 2 aromatic heterocycles. The van der Waals surface area contributed by atoms with Gasteiger partial charge >= 0.3 is 0 Å². The van der Waals surface area contributed by atoms with E-state index in [-0.39, 0.29) is 5.56 Å².